The molecule has 1 saturated heterocycles. The molecular weight excluding hydrogens is 351 g/mol. The zero-order valence-electron chi connectivity index (χ0n) is 15.1. The molecular formula is C19H19FN4O3. The lowest BCUT2D eigenvalue weighted by Crippen LogP contribution is -2.13. The van der Waals surface area contributed by atoms with Crippen molar-refractivity contribution >= 4 is 5.78 Å². The van der Waals surface area contributed by atoms with E-state index in [2.05, 4.69) is 10.2 Å². The zero-order chi connectivity index (χ0) is 19.0. The SMILES string of the molecule is CCn1cc(C(=O)c2cc(C)nn2-c2ccc(F)cc2C2OCCO2)cn1. The first-order chi connectivity index (χ1) is 13.1. The lowest BCUT2D eigenvalue weighted by Gasteiger charge is -2.16. The van der Waals surface area contributed by atoms with Crippen LogP contribution in [0.5, 0.6) is 0 Å². The third kappa shape index (κ3) is 3.29. The van der Waals surface area contributed by atoms with Gasteiger partial charge in [0.1, 0.15) is 11.5 Å². The van der Waals surface area contributed by atoms with Crippen molar-refractivity contribution in [2.24, 2.45) is 0 Å². The Balaban J connectivity index is 1.80. The quantitative estimate of drug-likeness (QED) is 0.646. The van der Waals surface area contributed by atoms with E-state index in [1.165, 1.54) is 23.0 Å². The molecule has 7 nitrogen and oxygen atoms in total. The minimum atomic E-state index is -0.689. The summed E-state index contributed by atoms with van der Waals surface area (Å²) >= 11 is 0. The highest BCUT2D eigenvalue weighted by Crippen LogP contribution is 2.30. The van der Waals surface area contributed by atoms with Crippen molar-refractivity contribution in [1.29, 1.82) is 0 Å². The van der Waals surface area contributed by atoms with E-state index in [0.29, 0.717) is 48.0 Å². The third-order valence-electron chi connectivity index (χ3n) is 4.38. The molecule has 1 aliphatic heterocycles. The lowest BCUT2D eigenvalue weighted by atomic mass is 10.1. The van der Waals surface area contributed by atoms with Gasteiger partial charge < -0.3 is 9.47 Å². The van der Waals surface area contributed by atoms with Crippen LogP contribution in [-0.2, 0) is 16.0 Å². The molecule has 0 saturated carbocycles. The Morgan fingerprint density at radius 1 is 1.30 bits per heavy atom. The van der Waals surface area contributed by atoms with Crippen LogP contribution < -0.4 is 0 Å². The first kappa shape index (κ1) is 17.6. The van der Waals surface area contributed by atoms with Gasteiger partial charge in [-0.1, -0.05) is 0 Å². The van der Waals surface area contributed by atoms with E-state index in [-0.39, 0.29) is 5.78 Å². The topological polar surface area (TPSA) is 71.2 Å². The van der Waals surface area contributed by atoms with Crippen LogP contribution in [0.3, 0.4) is 0 Å². The van der Waals surface area contributed by atoms with Gasteiger partial charge in [-0.2, -0.15) is 10.2 Å². The molecule has 140 valence electrons. The van der Waals surface area contributed by atoms with E-state index >= 15 is 0 Å². The fourth-order valence-electron chi connectivity index (χ4n) is 3.09. The number of ketones is 1. The number of aryl methyl sites for hydroxylation is 2. The molecule has 4 rings (SSSR count). The van der Waals surface area contributed by atoms with Crippen LogP contribution >= 0.6 is 0 Å². The van der Waals surface area contributed by atoms with Gasteiger partial charge in [0.2, 0.25) is 5.78 Å². The van der Waals surface area contributed by atoms with Gasteiger partial charge in [0.15, 0.2) is 6.29 Å². The molecule has 0 amide bonds. The molecule has 0 bridgehead atoms. The Labute approximate surface area is 155 Å². The van der Waals surface area contributed by atoms with Crippen LogP contribution in [0.1, 0.15) is 40.5 Å². The number of rotatable bonds is 5. The number of benzene rings is 1. The summed E-state index contributed by atoms with van der Waals surface area (Å²) in [5.41, 5.74) is 2.55. The van der Waals surface area contributed by atoms with Crippen LogP contribution in [0.15, 0.2) is 36.7 Å². The number of halogens is 1. The lowest BCUT2D eigenvalue weighted by molar-refractivity contribution is -0.0443. The van der Waals surface area contributed by atoms with Crippen LogP contribution in [0.4, 0.5) is 4.39 Å². The highest BCUT2D eigenvalue weighted by molar-refractivity contribution is 6.08. The number of carbonyl (C=O) groups excluding carboxylic acids is 1. The third-order valence-corrected chi connectivity index (χ3v) is 4.38. The second-order valence-corrected chi connectivity index (χ2v) is 6.27. The van der Waals surface area contributed by atoms with Gasteiger partial charge in [-0.05, 0) is 38.1 Å². The van der Waals surface area contributed by atoms with E-state index in [0.717, 1.165) is 0 Å². The van der Waals surface area contributed by atoms with Gasteiger partial charge in [0, 0.05) is 18.3 Å². The first-order valence-electron chi connectivity index (χ1n) is 8.73. The summed E-state index contributed by atoms with van der Waals surface area (Å²) in [5, 5.41) is 8.61. The van der Waals surface area contributed by atoms with E-state index in [1.807, 2.05) is 6.92 Å². The average molecular weight is 370 g/mol. The highest BCUT2D eigenvalue weighted by atomic mass is 19.1. The molecule has 8 heteroatoms. The predicted molar refractivity (Wildman–Crippen MR) is 94.2 cm³/mol. The van der Waals surface area contributed by atoms with Gasteiger partial charge >= 0.3 is 0 Å². The van der Waals surface area contributed by atoms with Gasteiger partial charge in [0.25, 0.3) is 0 Å². The molecule has 0 aliphatic carbocycles. The maximum Gasteiger partial charge on any atom is 0.214 e. The summed E-state index contributed by atoms with van der Waals surface area (Å²) in [4.78, 5) is 13.0. The van der Waals surface area contributed by atoms with Crippen molar-refractivity contribution in [3.63, 3.8) is 0 Å². The Hall–Kier alpha value is -2.84. The summed E-state index contributed by atoms with van der Waals surface area (Å²) in [6.45, 7) is 5.28. The van der Waals surface area contributed by atoms with E-state index in [1.54, 1.807) is 29.9 Å². The number of aromatic nitrogens is 4. The van der Waals surface area contributed by atoms with E-state index in [4.69, 9.17) is 9.47 Å². The van der Waals surface area contributed by atoms with Crippen molar-refractivity contribution in [1.82, 2.24) is 19.6 Å². The Bertz CT molecular complexity index is 989. The van der Waals surface area contributed by atoms with Crippen molar-refractivity contribution in [2.75, 3.05) is 13.2 Å². The normalized spacial score (nSPS) is 14.8. The number of carbonyl (C=O) groups is 1. The molecule has 3 aromatic rings. The molecule has 0 unspecified atom stereocenters. The largest absolute Gasteiger partial charge is 0.346 e. The minimum absolute atomic E-state index is 0.209. The molecule has 27 heavy (non-hydrogen) atoms. The smallest absolute Gasteiger partial charge is 0.214 e. The minimum Gasteiger partial charge on any atom is -0.346 e. The standard InChI is InChI=1S/C19H19FN4O3/c1-3-23-11-13(10-21-23)18(25)17-8-12(2)22-24(17)16-5-4-14(20)9-15(16)19-26-6-7-27-19/h4-5,8-11,19H,3,6-7H2,1-2H3. The maximum atomic E-state index is 13.9. The van der Waals surface area contributed by atoms with Gasteiger partial charge in [-0.25, -0.2) is 9.07 Å². The fraction of sp³-hybridized carbons (Fsp3) is 0.316. The van der Waals surface area contributed by atoms with Crippen molar-refractivity contribution in [2.45, 2.75) is 26.7 Å². The second kappa shape index (κ2) is 7.05. The van der Waals surface area contributed by atoms with E-state index in [9.17, 15) is 9.18 Å². The van der Waals surface area contributed by atoms with Gasteiger partial charge in [-0.15, -0.1) is 0 Å². The molecule has 0 atom stereocenters. The van der Waals surface area contributed by atoms with Crippen molar-refractivity contribution in [3.8, 4) is 5.69 Å². The van der Waals surface area contributed by atoms with Gasteiger partial charge in [0.05, 0.1) is 36.4 Å². The molecule has 1 aromatic carbocycles. The van der Waals surface area contributed by atoms with E-state index < -0.39 is 12.1 Å². The molecule has 1 fully saturated rings. The second-order valence-electron chi connectivity index (χ2n) is 6.27. The van der Waals surface area contributed by atoms with Crippen LogP contribution in [0.2, 0.25) is 0 Å². The first-order valence-corrected chi connectivity index (χ1v) is 8.73. The Morgan fingerprint density at radius 3 is 2.78 bits per heavy atom. The van der Waals surface area contributed by atoms with Crippen molar-refractivity contribution < 1.29 is 18.7 Å². The van der Waals surface area contributed by atoms with Crippen molar-refractivity contribution in [3.05, 3.63) is 65.0 Å². The molecule has 0 N–H and O–H groups in total. The fourth-order valence-corrected chi connectivity index (χ4v) is 3.09. The summed E-state index contributed by atoms with van der Waals surface area (Å²) in [5.74, 6) is -0.618. The zero-order valence-corrected chi connectivity index (χ0v) is 15.1. The summed E-state index contributed by atoms with van der Waals surface area (Å²) < 4.78 is 28.1. The summed E-state index contributed by atoms with van der Waals surface area (Å²) in [6, 6.07) is 5.96. The summed E-state index contributed by atoms with van der Waals surface area (Å²) in [6.07, 6.45) is 2.54. The maximum absolute atomic E-state index is 13.9. The number of hydrogen-bond acceptors (Lipinski definition) is 5. The van der Waals surface area contributed by atoms with Gasteiger partial charge in [-0.3, -0.25) is 9.48 Å². The van der Waals surface area contributed by atoms with Crippen LogP contribution in [0, 0.1) is 12.7 Å². The average Bonchev–Trinajstić information content (AvgIpc) is 3.41. The van der Waals surface area contributed by atoms with Crippen LogP contribution in [-0.4, -0.2) is 38.6 Å². The molecule has 1 aliphatic rings. The number of nitrogens with zero attached hydrogens (tertiary/aromatic N) is 4. The molecule has 3 heterocycles. The molecule has 0 spiro atoms. The number of ether oxygens (including phenoxy) is 2. The monoisotopic (exact) mass is 370 g/mol. The summed E-state index contributed by atoms with van der Waals surface area (Å²) in [7, 11) is 0. The Kier molecular flexibility index (Phi) is 4.59. The number of hydrogen-bond donors (Lipinski definition) is 0. The molecule has 2 aromatic heterocycles. The highest BCUT2D eigenvalue weighted by Gasteiger charge is 2.26. The molecule has 0 radical (unpaired) electrons. The Morgan fingerprint density at radius 2 is 2.07 bits per heavy atom. The predicted octanol–water partition coefficient (Wildman–Crippen LogP) is 2.81. The van der Waals surface area contributed by atoms with Crippen LogP contribution in [0.25, 0.3) is 5.69 Å².